The number of carbonyl (C=O) groups is 2. The number of anilines is 1. The van der Waals surface area contributed by atoms with E-state index >= 15 is 0 Å². The van der Waals surface area contributed by atoms with E-state index in [-0.39, 0.29) is 18.2 Å². The number of fused-ring (bicyclic) bond motifs is 1. The third kappa shape index (κ3) is 4.32. The molecule has 2 N–H and O–H groups in total. The maximum atomic E-state index is 12.2. The van der Waals surface area contributed by atoms with Crippen molar-refractivity contribution in [2.45, 2.75) is 19.8 Å². The Kier molecular flexibility index (Phi) is 5.34. The summed E-state index contributed by atoms with van der Waals surface area (Å²) in [6.07, 6.45) is 4.06. The van der Waals surface area contributed by atoms with Crippen LogP contribution >= 0.6 is 11.3 Å². The van der Waals surface area contributed by atoms with Crippen molar-refractivity contribution < 1.29 is 14.0 Å². The maximum Gasteiger partial charge on any atom is 0.260 e. The Morgan fingerprint density at radius 2 is 2.14 bits per heavy atom. The minimum atomic E-state index is -0.290. The number of nitrogens with zero attached hydrogens (tertiary/aromatic N) is 4. The second kappa shape index (κ2) is 8.23. The van der Waals surface area contributed by atoms with Gasteiger partial charge in [-0.15, -0.1) is 21.5 Å². The first kappa shape index (κ1) is 18.8. The van der Waals surface area contributed by atoms with Gasteiger partial charge in [-0.1, -0.05) is 6.07 Å². The summed E-state index contributed by atoms with van der Waals surface area (Å²) in [4.78, 5) is 28.7. The molecule has 0 aliphatic carbocycles. The van der Waals surface area contributed by atoms with E-state index in [0.717, 1.165) is 11.5 Å². The predicted octanol–water partition coefficient (Wildman–Crippen LogP) is 2.24. The van der Waals surface area contributed by atoms with Crippen LogP contribution in [0.2, 0.25) is 0 Å². The quantitative estimate of drug-likeness (QED) is 0.483. The van der Waals surface area contributed by atoms with Gasteiger partial charge < -0.3 is 9.73 Å². The Morgan fingerprint density at radius 1 is 1.24 bits per heavy atom. The molecule has 4 rings (SSSR count). The molecule has 0 spiro atoms. The normalized spacial score (nSPS) is 10.9. The zero-order valence-electron chi connectivity index (χ0n) is 15.6. The maximum absolute atomic E-state index is 12.2. The average molecular weight is 410 g/mol. The molecule has 0 unspecified atom stereocenters. The molecule has 4 aromatic heterocycles. The molecule has 0 atom stereocenters. The lowest BCUT2D eigenvalue weighted by atomic mass is 10.2. The highest BCUT2D eigenvalue weighted by Gasteiger charge is 2.14. The molecule has 0 saturated carbocycles. The highest BCUT2D eigenvalue weighted by atomic mass is 32.1. The molecule has 0 aromatic carbocycles. The highest BCUT2D eigenvalue weighted by molar-refractivity contribution is 7.14. The molecule has 4 aromatic rings. The van der Waals surface area contributed by atoms with E-state index in [1.807, 2.05) is 28.8 Å². The molecule has 0 aliphatic rings. The number of nitrogens with one attached hydrogen (secondary N) is 2. The van der Waals surface area contributed by atoms with Crippen molar-refractivity contribution in [2.75, 3.05) is 11.9 Å². The minimum Gasteiger partial charge on any atom is -0.469 e. The lowest BCUT2D eigenvalue weighted by molar-refractivity contribution is -0.120. The van der Waals surface area contributed by atoms with Crippen LogP contribution in [-0.2, 0) is 17.6 Å². The van der Waals surface area contributed by atoms with Crippen LogP contribution in [0.1, 0.15) is 27.6 Å². The fraction of sp³-hybridized carbons (Fsp3) is 0.211. The van der Waals surface area contributed by atoms with Gasteiger partial charge in [-0.3, -0.25) is 19.3 Å². The number of pyridine rings is 1. The summed E-state index contributed by atoms with van der Waals surface area (Å²) >= 11 is 1.27. The van der Waals surface area contributed by atoms with E-state index in [1.54, 1.807) is 18.4 Å². The summed E-state index contributed by atoms with van der Waals surface area (Å²) < 4.78 is 7.02. The van der Waals surface area contributed by atoms with E-state index in [1.165, 1.54) is 17.6 Å². The molecule has 0 radical (unpaired) electrons. The fourth-order valence-electron chi connectivity index (χ4n) is 2.83. The monoisotopic (exact) mass is 410 g/mol. The topological polar surface area (TPSA) is 114 Å². The van der Waals surface area contributed by atoms with Gasteiger partial charge in [-0.2, -0.15) is 0 Å². The summed E-state index contributed by atoms with van der Waals surface area (Å²) in [7, 11) is 0. The molecule has 4 heterocycles. The van der Waals surface area contributed by atoms with Crippen molar-refractivity contribution in [3.05, 3.63) is 64.9 Å². The molecule has 0 fully saturated rings. The molecule has 2 amide bonds. The van der Waals surface area contributed by atoms with Gasteiger partial charge in [0, 0.05) is 24.5 Å². The van der Waals surface area contributed by atoms with Crippen molar-refractivity contribution in [1.29, 1.82) is 0 Å². The van der Waals surface area contributed by atoms with Crippen LogP contribution in [0, 0.1) is 6.92 Å². The molecular formula is C19H18N6O3S. The van der Waals surface area contributed by atoms with Gasteiger partial charge in [-0.05, 0) is 25.1 Å². The molecule has 0 saturated heterocycles. The van der Waals surface area contributed by atoms with Gasteiger partial charge in [-0.25, -0.2) is 4.98 Å². The van der Waals surface area contributed by atoms with Gasteiger partial charge in [0.15, 0.2) is 10.8 Å². The second-order valence-electron chi connectivity index (χ2n) is 6.31. The van der Waals surface area contributed by atoms with Gasteiger partial charge >= 0.3 is 0 Å². The van der Waals surface area contributed by atoms with Crippen LogP contribution in [-0.4, -0.2) is 37.9 Å². The number of furan rings is 1. The minimum absolute atomic E-state index is 0.137. The van der Waals surface area contributed by atoms with E-state index in [4.69, 9.17) is 4.42 Å². The van der Waals surface area contributed by atoms with Crippen LogP contribution in [0.15, 0.2) is 46.5 Å². The van der Waals surface area contributed by atoms with Gasteiger partial charge in [0.1, 0.15) is 11.6 Å². The lowest BCUT2D eigenvalue weighted by Gasteiger charge is -2.03. The van der Waals surface area contributed by atoms with E-state index in [9.17, 15) is 9.59 Å². The van der Waals surface area contributed by atoms with Crippen LogP contribution in [0.25, 0.3) is 5.65 Å². The van der Waals surface area contributed by atoms with E-state index in [2.05, 4.69) is 25.8 Å². The standard InChI is InChI=1S/C19H18N6O3S/c1-12-14(6-9-28-12)18(27)22-19-21-13(11-29-19)10-17(26)20-7-5-16-24-23-15-4-2-3-8-25(15)16/h2-4,6,8-9,11H,5,7,10H2,1H3,(H,20,26)(H,21,22,27). The second-order valence-corrected chi connectivity index (χ2v) is 7.17. The van der Waals surface area contributed by atoms with Gasteiger partial charge in [0.2, 0.25) is 5.91 Å². The number of hydrogen-bond donors (Lipinski definition) is 2. The Morgan fingerprint density at radius 3 is 2.97 bits per heavy atom. The third-order valence-corrected chi connectivity index (χ3v) is 5.08. The van der Waals surface area contributed by atoms with Crippen molar-refractivity contribution in [3.63, 3.8) is 0 Å². The van der Waals surface area contributed by atoms with Crippen LogP contribution in [0.3, 0.4) is 0 Å². The summed E-state index contributed by atoms with van der Waals surface area (Å²) in [6, 6.07) is 7.29. The average Bonchev–Trinajstić information content (AvgIpc) is 3.42. The van der Waals surface area contributed by atoms with E-state index < -0.39 is 0 Å². The molecule has 10 heteroatoms. The van der Waals surface area contributed by atoms with Crippen molar-refractivity contribution in [3.8, 4) is 0 Å². The predicted molar refractivity (Wildman–Crippen MR) is 107 cm³/mol. The van der Waals surface area contributed by atoms with Crippen LogP contribution in [0.5, 0.6) is 0 Å². The number of hydrogen-bond acceptors (Lipinski definition) is 7. The smallest absolute Gasteiger partial charge is 0.260 e. The molecule has 0 bridgehead atoms. The van der Waals surface area contributed by atoms with Gasteiger partial charge in [0.05, 0.1) is 23.9 Å². The van der Waals surface area contributed by atoms with Crippen molar-refractivity contribution in [1.82, 2.24) is 24.9 Å². The lowest BCUT2D eigenvalue weighted by Crippen LogP contribution is -2.27. The number of aromatic nitrogens is 4. The molecule has 9 nitrogen and oxygen atoms in total. The molecular weight excluding hydrogens is 392 g/mol. The zero-order valence-corrected chi connectivity index (χ0v) is 16.4. The number of amides is 2. The first-order valence-electron chi connectivity index (χ1n) is 8.95. The largest absolute Gasteiger partial charge is 0.469 e. The summed E-state index contributed by atoms with van der Waals surface area (Å²) in [6.45, 7) is 2.16. The SMILES string of the molecule is Cc1occc1C(=O)Nc1nc(CC(=O)NCCc2nnc3ccccn23)cs1. The van der Waals surface area contributed by atoms with Crippen LogP contribution in [0.4, 0.5) is 5.13 Å². The number of thiazole rings is 1. The van der Waals surface area contributed by atoms with Crippen LogP contribution < -0.4 is 10.6 Å². The summed E-state index contributed by atoms with van der Waals surface area (Å²) in [5.41, 5.74) is 1.83. The Labute approximate surface area is 169 Å². The Bertz CT molecular complexity index is 1160. The molecule has 29 heavy (non-hydrogen) atoms. The molecule has 148 valence electrons. The highest BCUT2D eigenvalue weighted by Crippen LogP contribution is 2.18. The number of carbonyl (C=O) groups excluding carboxylic acids is 2. The molecule has 0 aliphatic heterocycles. The summed E-state index contributed by atoms with van der Waals surface area (Å²) in [5, 5.41) is 16.0. The first-order valence-corrected chi connectivity index (χ1v) is 9.83. The Hall–Kier alpha value is -3.53. The Balaban J connectivity index is 1.27. The third-order valence-electron chi connectivity index (χ3n) is 4.27. The number of aryl methyl sites for hydroxylation is 1. The van der Waals surface area contributed by atoms with Crippen molar-refractivity contribution >= 4 is 33.9 Å². The van der Waals surface area contributed by atoms with Gasteiger partial charge in [0.25, 0.3) is 5.91 Å². The van der Waals surface area contributed by atoms with Crippen molar-refractivity contribution in [2.24, 2.45) is 0 Å². The van der Waals surface area contributed by atoms with E-state index in [0.29, 0.717) is 35.1 Å². The fourth-order valence-corrected chi connectivity index (χ4v) is 3.54. The first-order chi connectivity index (χ1) is 14.1. The summed E-state index contributed by atoms with van der Waals surface area (Å²) in [5.74, 6) is 0.892. The zero-order chi connectivity index (χ0) is 20.2. The number of rotatable bonds is 7.